The van der Waals surface area contributed by atoms with E-state index in [1.165, 1.54) is 30.4 Å². The van der Waals surface area contributed by atoms with Gasteiger partial charge in [0.1, 0.15) is 6.10 Å². The molecule has 19 heavy (non-hydrogen) atoms. The molecule has 0 bridgehead atoms. The zero-order chi connectivity index (χ0) is 13.8. The van der Waals surface area contributed by atoms with E-state index in [1.54, 1.807) is 0 Å². The summed E-state index contributed by atoms with van der Waals surface area (Å²) in [5.41, 5.74) is 3.36. The predicted octanol–water partition coefficient (Wildman–Crippen LogP) is 3.93. The molecule has 1 aliphatic carbocycles. The predicted molar refractivity (Wildman–Crippen MR) is 78.2 cm³/mol. The molecular formula is C17H26O2. The van der Waals surface area contributed by atoms with Crippen molar-refractivity contribution in [3.05, 3.63) is 34.9 Å². The Morgan fingerprint density at radius 3 is 2.42 bits per heavy atom. The standard InChI is InChI=1S/C17H26O2/c1-12-8-13(2)10-15(9-12)16(18)11-19-17-7-5-4-6-14(17)3/h8-10,14,16-18H,4-7,11H2,1-3H3. The Labute approximate surface area is 116 Å². The summed E-state index contributed by atoms with van der Waals surface area (Å²) >= 11 is 0. The number of aliphatic hydroxyl groups is 1. The van der Waals surface area contributed by atoms with Crippen molar-refractivity contribution in [2.75, 3.05) is 6.61 Å². The number of aryl methyl sites for hydroxylation is 2. The summed E-state index contributed by atoms with van der Waals surface area (Å²) in [7, 11) is 0. The maximum atomic E-state index is 10.3. The first-order valence-corrected chi connectivity index (χ1v) is 7.44. The molecule has 1 aliphatic rings. The highest BCUT2D eigenvalue weighted by Gasteiger charge is 2.23. The van der Waals surface area contributed by atoms with E-state index in [1.807, 2.05) is 12.1 Å². The van der Waals surface area contributed by atoms with Crippen molar-refractivity contribution in [1.82, 2.24) is 0 Å². The van der Waals surface area contributed by atoms with Crippen LogP contribution in [0.15, 0.2) is 18.2 Å². The van der Waals surface area contributed by atoms with Crippen molar-refractivity contribution in [2.24, 2.45) is 5.92 Å². The molecular weight excluding hydrogens is 236 g/mol. The summed E-state index contributed by atoms with van der Waals surface area (Å²) in [5.74, 6) is 0.625. The van der Waals surface area contributed by atoms with Crippen LogP contribution in [0.4, 0.5) is 0 Å². The number of benzene rings is 1. The first-order valence-electron chi connectivity index (χ1n) is 7.44. The molecule has 3 unspecified atom stereocenters. The van der Waals surface area contributed by atoms with Gasteiger partial charge in [-0.15, -0.1) is 0 Å². The van der Waals surface area contributed by atoms with Crippen LogP contribution in [0.3, 0.4) is 0 Å². The highest BCUT2D eigenvalue weighted by atomic mass is 16.5. The summed E-state index contributed by atoms with van der Waals surface area (Å²) < 4.78 is 5.94. The van der Waals surface area contributed by atoms with Gasteiger partial charge < -0.3 is 9.84 Å². The molecule has 0 aromatic heterocycles. The third kappa shape index (κ3) is 4.05. The summed E-state index contributed by atoms with van der Waals surface area (Å²) in [5, 5.41) is 10.3. The maximum Gasteiger partial charge on any atom is 0.102 e. The Morgan fingerprint density at radius 2 is 1.79 bits per heavy atom. The van der Waals surface area contributed by atoms with Crippen molar-refractivity contribution in [3.8, 4) is 0 Å². The molecule has 1 aromatic rings. The van der Waals surface area contributed by atoms with E-state index in [0.29, 0.717) is 18.6 Å². The lowest BCUT2D eigenvalue weighted by Crippen LogP contribution is -2.27. The molecule has 1 N–H and O–H groups in total. The van der Waals surface area contributed by atoms with Crippen molar-refractivity contribution in [3.63, 3.8) is 0 Å². The average Bonchev–Trinajstić information content (AvgIpc) is 2.36. The number of rotatable bonds is 4. The van der Waals surface area contributed by atoms with Crippen LogP contribution >= 0.6 is 0 Å². The van der Waals surface area contributed by atoms with Crippen molar-refractivity contribution in [1.29, 1.82) is 0 Å². The lowest BCUT2D eigenvalue weighted by atomic mass is 9.88. The minimum Gasteiger partial charge on any atom is -0.386 e. The van der Waals surface area contributed by atoms with Gasteiger partial charge in [0, 0.05) is 0 Å². The van der Waals surface area contributed by atoms with Crippen molar-refractivity contribution >= 4 is 0 Å². The van der Waals surface area contributed by atoms with Gasteiger partial charge in [-0.2, -0.15) is 0 Å². The normalized spacial score (nSPS) is 25.3. The second-order valence-electron chi connectivity index (χ2n) is 6.07. The lowest BCUT2D eigenvalue weighted by molar-refractivity contribution is -0.0467. The highest BCUT2D eigenvalue weighted by Crippen LogP contribution is 2.27. The molecule has 1 aromatic carbocycles. The van der Waals surface area contributed by atoms with Crippen LogP contribution < -0.4 is 0 Å². The highest BCUT2D eigenvalue weighted by molar-refractivity contribution is 5.29. The molecule has 1 fully saturated rings. The Kier molecular flexibility index (Phi) is 5.00. The molecule has 0 radical (unpaired) electrons. The summed E-state index contributed by atoms with van der Waals surface area (Å²) in [6.45, 7) is 6.80. The Bertz CT molecular complexity index is 393. The number of aliphatic hydroxyl groups excluding tert-OH is 1. The fourth-order valence-corrected chi connectivity index (χ4v) is 3.04. The van der Waals surface area contributed by atoms with Crippen LogP contribution in [0.1, 0.15) is 55.4 Å². The molecule has 0 heterocycles. The molecule has 0 amide bonds. The zero-order valence-corrected chi connectivity index (χ0v) is 12.4. The molecule has 2 nitrogen and oxygen atoms in total. The first-order chi connectivity index (χ1) is 9.06. The fourth-order valence-electron chi connectivity index (χ4n) is 3.04. The number of hydrogen-bond donors (Lipinski definition) is 1. The van der Waals surface area contributed by atoms with Crippen LogP contribution in [0.5, 0.6) is 0 Å². The number of ether oxygens (including phenoxy) is 1. The molecule has 106 valence electrons. The summed E-state index contributed by atoms with van der Waals surface area (Å²) in [4.78, 5) is 0. The molecule has 0 spiro atoms. The van der Waals surface area contributed by atoms with Gasteiger partial charge in [-0.3, -0.25) is 0 Å². The van der Waals surface area contributed by atoms with Crippen LogP contribution in [-0.2, 0) is 4.74 Å². The SMILES string of the molecule is Cc1cc(C)cc(C(O)COC2CCCCC2C)c1. The van der Waals surface area contributed by atoms with Gasteiger partial charge >= 0.3 is 0 Å². The minimum absolute atomic E-state index is 0.328. The molecule has 1 saturated carbocycles. The van der Waals surface area contributed by atoms with Gasteiger partial charge in [0.25, 0.3) is 0 Å². The second kappa shape index (κ2) is 6.53. The van der Waals surface area contributed by atoms with E-state index in [0.717, 1.165) is 12.0 Å². The first kappa shape index (κ1) is 14.5. The van der Waals surface area contributed by atoms with Gasteiger partial charge in [-0.1, -0.05) is 49.1 Å². The Hall–Kier alpha value is -0.860. The minimum atomic E-state index is -0.507. The van der Waals surface area contributed by atoms with Crippen LogP contribution in [0, 0.1) is 19.8 Å². The van der Waals surface area contributed by atoms with E-state index in [-0.39, 0.29) is 0 Å². The monoisotopic (exact) mass is 262 g/mol. The summed E-state index contributed by atoms with van der Waals surface area (Å²) in [6.07, 6.45) is 4.79. The zero-order valence-electron chi connectivity index (χ0n) is 12.4. The third-order valence-corrected chi connectivity index (χ3v) is 4.13. The van der Waals surface area contributed by atoms with E-state index in [4.69, 9.17) is 4.74 Å². The molecule has 2 heteroatoms. The quantitative estimate of drug-likeness (QED) is 0.890. The van der Waals surface area contributed by atoms with E-state index < -0.39 is 6.10 Å². The van der Waals surface area contributed by atoms with Gasteiger partial charge in [0.05, 0.1) is 12.7 Å². The van der Waals surface area contributed by atoms with Crippen LogP contribution in [0.25, 0.3) is 0 Å². The fraction of sp³-hybridized carbons (Fsp3) is 0.647. The van der Waals surface area contributed by atoms with Gasteiger partial charge in [-0.05, 0) is 38.2 Å². The van der Waals surface area contributed by atoms with Crippen molar-refractivity contribution in [2.45, 2.75) is 58.7 Å². The van der Waals surface area contributed by atoms with Crippen LogP contribution in [-0.4, -0.2) is 17.8 Å². The Balaban J connectivity index is 1.91. The van der Waals surface area contributed by atoms with Crippen LogP contribution in [0.2, 0.25) is 0 Å². The van der Waals surface area contributed by atoms with E-state index in [9.17, 15) is 5.11 Å². The van der Waals surface area contributed by atoms with Gasteiger partial charge in [0.15, 0.2) is 0 Å². The van der Waals surface area contributed by atoms with E-state index >= 15 is 0 Å². The maximum absolute atomic E-state index is 10.3. The number of hydrogen-bond acceptors (Lipinski definition) is 2. The molecule has 3 atom stereocenters. The molecule has 0 aliphatic heterocycles. The van der Waals surface area contributed by atoms with E-state index in [2.05, 4.69) is 26.8 Å². The summed E-state index contributed by atoms with van der Waals surface area (Å²) in [6, 6.07) is 6.22. The topological polar surface area (TPSA) is 29.5 Å². The second-order valence-corrected chi connectivity index (χ2v) is 6.07. The largest absolute Gasteiger partial charge is 0.386 e. The van der Waals surface area contributed by atoms with Crippen molar-refractivity contribution < 1.29 is 9.84 Å². The van der Waals surface area contributed by atoms with Gasteiger partial charge in [-0.25, -0.2) is 0 Å². The molecule has 0 saturated heterocycles. The average molecular weight is 262 g/mol. The Morgan fingerprint density at radius 1 is 1.16 bits per heavy atom. The third-order valence-electron chi connectivity index (χ3n) is 4.13. The lowest BCUT2D eigenvalue weighted by Gasteiger charge is -2.29. The van der Waals surface area contributed by atoms with Gasteiger partial charge in [0.2, 0.25) is 0 Å². The molecule has 2 rings (SSSR count). The smallest absolute Gasteiger partial charge is 0.102 e.